The molecule has 3 heteroatoms. The standard InChI is InChI=1S/C11H16N2O/c1-3-8(2)9-7-12-10-5-4-6-13(10)11(9)14/h7-8H,3-6H2,1-2H3. The fourth-order valence-electron chi connectivity index (χ4n) is 1.93. The molecule has 0 bridgehead atoms. The van der Waals surface area contributed by atoms with Crippen LogP contribution >= 0.6 is 0 Å². The Kier molecular flexibility index (Phi) is 2.40. The van der Waals surface area contributed by atoms with Gasteiger partial charge in [0.15, 0.2) is 0 Å². The lowest BCUT2D eigenvalue weighted by molar-refractivity contribution is 0.658. The Balaban J connectivity index is 2.50. The van der Waals surface area contributed by atoms with E-state index in [1.165, 1.54) is 0 Å². The maximum absolute atomic E-state index is 12.0. The molecular formula is C11H16N2O. The lowest BCUT2D eigenvalue weighted by atomic mass is 10.0. The molecule has 2 heterocycles. The van der Waals surface area contributed by atoms with Crippen molar-refractivity contribution in [3.63, 3.8) is 0 Å². The van der Waals surface area contributed by atoms with Crippen molar-refractivity contribution >= 4 is 0 Å². The summed E-state index contributed by atoms with van der Waals surface area (Å²) in [6.45, 7) is 5.04. The highest BCUT2D eigenvalue weighted by Crippen LogP contribution is 2.16. The largest absolute Gasteiger partial charge is 0.296 e. The maximum Gasteiger partial charge on any atom is 0.256 e. The first-order valence-electron chi connectivity index (χ1n) is 5.32. The number of aryl methyl sites for hydroxylation is 1. The van der Waals surface area contributed by atoms with Gasteiger partial charge in [-0.15, -0.1) is 0 Å². The molecule has 1 unspecified atom stereocenters. The van der Waals surface area contributed by atoms with E-state index in [0.29, 0.717) is 5.92 Å². The van der Waals surface area contributed by atoms with Crippen LogP contribution in [0.5, 0.6) is 0 Å². The summed E-state index contributed by atoms with van der Waals surface area (Å²) < 4.78 is 1.83. The first-order valence-corrected chi connectivity index (χ1v) is 5.32. The predicted molar refractivity (Wildman–Crippen MR) is 55.5 cm³/mol. The van der Waals surface area contributed by atoms with E-state index in [1.807, 2.05) is 4.57 Å². The molecule has 0 spiro atoms. The second-order valence-electron chi connectivity index (χ2n) is 4.00. The van der Waals surface area contributed by atoms with Gasteiger partial charge < -0.3 is 0 Å². The van der Waals surface area contributed by atoms with E-state index in [0.717, 1.165) is 37.2 Å². The monoisotopic (exact) mass is 192 g/mol. The second-order valence-corrected chi connectivity index (χ2v) is 4.00. The number of hydrogen-bond donors (Lipinski definition) is 0. The summed E-state index contributed by atoms with van der Waals surface area (Å²) in [5.41, 5.74) is 1.06. The lowest BCUT2D eigenvalue weighted by Gasteiger charge is -2.10. The van der Waals surface area contributed by atoms with Crippen LogP contribution in [0, 0.1) is 0 Å². The summed E-state index contributed by atoms with van der Waals surface area (Å²) in [6.07, 6.45) is 4.78. The molecule has 2 rings (SSSR count). The van der Waals surface area contributed by atoms with E-state index >= 15 is 0 Å². The zero-order chi connectivity index (χ0) is 10.1. The highest BCUT2D eigenvalue weighted by molar-refractivity contribution is 5.14. The topological polar surface area (TPSA) is 34.9 Å². The summed E-state index contributed by atoms with van der Waals surface area (Å²) in [7, 11) is 0. The molecule has 1 aromatic heterocycles. The van der Waals surface area contributed by atoms with Crippen LogP contribution in [0.3, 0.4) is 0 Å². The number of rotatable bonds is 2. The average Bonchev–Trinajstić information content (AvgIpc) is 2.66. The Morgan fingerprint density at radius 3 is 3.14 bits per heavy atom. The molecule has 3 nitrogen and oxygen atoms in total. The van der Waals surface area contributed by atoms with Crippen LogP contribution in [-0.2, 0) is 13.0 Å². The van der Waals surface area contributed by atoms with Crippen LogP contribution < -0.4 is 5.56 Å². The SMILES string of the molecule is CCC(C)c1cnc2n(c1=O)CCC2. The molecule has 0 saturated carbocycles. The van der Waals surface area contributed by atoms with Gasteiger partial charge >= 0.3 is 0 Å². The van der Waals surface area contributed by atoms with Crippen LogP contribution in [0.15, 0.2) is 11.0 Å². The summed E-state index contributed by atoms with van der Waals surface area (Å²) >= 11 is 0. The van der Waals surface area contributed by atoms with Crippen molar-refractivity contribution in [2.45, 2.75) is 45.6 Å². The molecule has 0 N–H and O–H groups in total. The van der Waals surface area contributed by atoms with Gasteiger partial charge in [-0.2, -0.15) is 0 Å². The van der Waals surface area contributed by atoms with Crippen LogP contribution in [0.1, 0.15) is 44.0 Å². The van der Waals surface area contributed by atoms with Gasteiger partial charge in [0.1, 0.15) is 5.82 Å². The van der Waals surface area contributed by atoms with Gasteiger partial charge in [0.25, 0.3) is 5.56 Å². The van der Waals surface area contributed by atoms with Gasteiger partial charge in [-0.3, -0.25) is 9.36 Å². The summed E-state index contributed by atoms with van der Waals surface area (Å²) in [4.78, 5) is 16.3. The molecule has 0 fully saturated rings. The smallest absolute Gasteiger partial charge is 0.256 e. The predicted octanol–water partition coefficient (Wildman–Crippen LogP) is 1.70. The molecule has 0 saturated heterocycles. The van der Waals surface area contributed by atoms with Gasteiger partial charge in [-0.1, -0.05) is 13.8 Å². The van der Waals surface area contributed by atoms with Crippen molar-refractivity contribution in [1.82, 2.24) is 9.55 Å². The summed E-state index contributed by atoms with van der Waals surface area (Å²) in [5, 5.41) is 0. The Morgan fingerprint density at radius 2 is 2.43 bits per heavy atom. The summed E-state index contributed by atoms with van der Waals surface area (Å²) in [6, 6.07) is 0. The number of aromatic nitrogens is 2. The third-order valence-electron chi connectivity index (χ3n) is 3.08. The minimum atomic E-state index is 0.182. The molecular weight excluding hydrogens is 176 g/mol. The molecule has 0 radical (unpaired) electrons. The Hall–Kier alpha value is -1.12. The van der Waals surface area contributed by atoms with Crippen molar-refractivity contribution in [2.75, 3.05) is 0 Å². The number of hydrogen-bond acceptors (Lipinski definition) is 2. The van der Waals surface area contributed by atoms with E-state index in [4.69, 9.17) is 0 Å². The van der Waals surface area contributed by atoms with E-state index in [2.05, 4.69) is 18.8 Å². The second kappa shape index (κ2) is 3.56. The minimum Gasteiger partial charge on any atom is -0.296 e. The molecule has 0 aromatic carbocycles. The fourth-order valence-corrected chi connectivity index (χ4v) is 1.93. The maximum atomic E-state index is 12.0. The van der Waals surface area contributed by atoms with E-state index in [1.54, 1.807) is 6.20 Å². The van der Waals surface area contributed by atoms with Crippen LogP contribution in [0.2, 0.25) is 0 Å². The molecule has 1 aliphatic rings. The minimum absolute atomic E-state index is 0.182. The van der Waals surface area contributed by atoms with Crippen molar-refractivity contribution in [3.05, 3.63) is 27.9 Å². The number of nitrogens with zero attached hydrogens (tertiary/aromatic N) is 2. The highest BCUT2D eigenvalue weighted by atomic mass is 16.1. The molecule has 0 amide bonds. The zero-order valence-electron chi connectivity index (χ0n) is 8.79. The van der Waals surface area contributed by atoms with E-state index in [9.17, 15) is 4.79 Å². The van der Waals surface area contributed by atoms with Crippen molar-refractivity contribution < 1.29 is 0 Å². The van der Waals surface area contributed by atoms with Gasteiger partial charge in [0, 0.05) is 24.7 Å². The summed E-state index contributed by atoms with van der Waals surface area (Å²) in [5.74, 6) is 1.29. The Morgan fingerprint density at radius 1 is 1.64 bits per heavy atom. The zero-order valence-corrected chi connectivity index (χ0v) is 8.79. The third kappa shape index (κ3) is 1.37. The van der Waals surface area contributed by atoms with Crippen molar-refractivity contribution in [1.29, 1.82) is 0 Å². The normalized spacial score (nSPS) is 16.7. The molecule has 14 heavy (non-hydrogen) atoms. The molecule has 1 aromatic rings. The molecule has 0 aliphatic carbocycles. The van der Waals surface area contributed by atoms with Crippen LogP contribution in [0.25, 0.3) is 0 Å². The lowest BCUT2D eigenvalue weighted by Crippen LogP contribution is -2.25. The Labute approximate surface area is 83.8 Å². The molecule has 76 valence electrons. The Bertz CT molecular complexity index is 395. The number of fused-ring (bicyclic) bond motifs is 1. The third-order valence-corrected chi connectivity index (χ3v) is 3.08. The van der Waals surface area contributed by atoms with E-state index in [-0.39, 0.29) is 5.56 Å². The first-order chi connectivity index (χ1) is 6.74. The average molecular weight is 192 g/mol. The molecule has 1 atom stereocenters. The van der Waals surface area contributed by atoms with Gasteiger partial charge in [0.2, 0.25) is 0 Å². The van der Waals surface area contributed by atoms with Crippen LogP contribution in [-0.4, -0.2) is 9.55 Å². The first kappa shape index (κ1) is 9.44. The molecule has 1 aliphatic heterocycles. The van der Waals surface area contributed by atoms with Gasteiger partial charge in [0.05, 0.1) is 0 Å². The quantitative estimate of drug-likeness (QED) is 0.715. The fraction of sp³-hybridized carbons (Fsp3) is 0.636. The highest BCUT2D eigenvalue weighted by Gasteiger charge is 2.17. The van der Waals surface area contributed by atoms with Crippen molar-refractivity contribution in [3.8, 4) is 0 Å². The van der Waals surface area contributed by atoms with Gasteiger partial charge in [-0.25, -0.2) is 4.98 Å². The van der Waals surface area contributed by atoms with Crippen molar-refractivity contribution in [2.24, 2.45) is 0 Å². The van der Waals surface area contributed by atoms with E-state index < -0.39 is 0 Å². The van der Waals surface area contributed by atoms with Crippen LogP contribution in [0.4, 0.5) is 0 Å². The van der Waals surface area contributed by atoms with Gasteiger partial charge in [-0.05, 0) is 18.8 Å².